The highest BCUT2D eigenvalue weighted by atomic mass is 16.2. The van der Waals surface area contributed by atoms with Crippen LogP contribution in [0, 0.1) is 5.92 Å². The summed E-state index contributed by atoms with van der Waals surface area (Å²) in [5.74, 6) is 0.487. The molecule has 0 bridgehead atoms. The zero-order chi connectivity index (χ0) is 16.1. The lowest BCUT2D eigenvalue weighted by molar-refractivity contribution is -0.128. The summed E-state index contributed by atoms with van der Waals surface area (Å²) in [5, 5.41) is 3.45. The van der Waals surface area contributed by atoms with Gasteiger partial charge in [0.1, 0.15) is 0 Å². The van der Waals surface area contributed by atoms with Gasteiger partial charge in [0.2, 0.25) is 5.91 Å². The number of hydrogen-bond donors (Lipinski definition) is 1. The first-order valence-corrected chi connectivity index (χ1v) is 8.09. The van der Waals surface area contributed by atoms with Crippen molar-refractivity contribution in [3.63, 3.8) is 0 Å². The summed E-state index contributed by atoms with van der Waals surface area (Å²) in [5.41, 5.74) is 2.13. The fraction of sp³-hybridized carbons (Fsp3) is 0.389. The Kier molecular flexibility index (Phi) is 4.98. The van der Waals surface area contributed by atoms with Crippen molar-refractivity contribution in [2.75, 3.05) is 13.1 Å². The number of nitrogens with zero attached hydrogens (tertiary/aromatic N) is 3. The molecule has 1 amide bonds. The van der Waals surface area contributed by atoms with Crippen LogP contribution in [0.15, 0.2) is 48.9 Å². The highest BCUT2D eigenvalue weighted by Crippen LogP contribution is 2.37. The summed E-state index contributed by atoms with van der Waals surface area (Å²) in [6.45, 7) is 4.27. The molecule has 2 atom stereocenters. The van der Waals surface area contributed by atoms with Crippen LogP contribution in [0.5, 0.6) is 0 Å². The topological polar surface area (TPSA) is 58.1 Å². The van der Waals surface area contributed by atoms with Crippen LogP contribution in [0.4, 0.5) is 0 Å². The monoisotopic (exact) mass is 310 g/mol. The van der Waals surface area contributed by atoms with Gasteiger partial charge in [0.15, 0.2) is 0 Å². The molecule has 0 aromatic carbocycles. The molecule has 5 heteroatoms. The number of amides is 1. The molecule has 3 heterocycles. The van der Waals surface area contributed by atoms with Gasteiger partial charge in [0.05, 0.1) is 11.7 Å². The number of pyridine rings is 2. The Morgan fingerprint density at radius 2 is 2.17 bits per heavy atom. The molecule has 1 N–H and O–H groups in total. The van der Waals surface area contributed by atoms with E-state index in [1.54, 1.807) is 12.4 Å². The molecule has 1 aliphatic heterocycles. The van der Waals surface area contributed by atoms with Gasteiger partial charge in [-0.25, -0.2) is 0 Å². The first kappa shape index (κ1) is 15.6. The number of carbonyl (C=O) groups is 1. The number of nitrogens with one attached hydrogen (secondary N) is 1. The van der Waals surface area contributed by atoms with E-state index in [-0.39, 0.29) is 17.9 Å². The first-order valence-electron chi connectivity index (χ1n) is 8.09. The van der Waals surface area contributed by atoms with E-state index in [0.29, 0.717) is 6.42 Å². The molecular formula is C18H22N4O. The van der Waals surface area contributed by atoms with Crippen LogP contribution in [0.2, 0.25) is 0 Å². The normalized spacial score (nSPS) is 20.9. The third-order valence-corrected chi connectivity index (χ3v) is 4.34. The molecule has 5 nitrogen and oxygen atoms in total. The van der Waals surface area contributed by atoms with Gasteiger partial charge in [-0.2, -0.15) is 0 Å². The highest BCUT2D eigenvalue weighted by Gasteiger charge is 2.39. The summed E-state index contributed by atoms with van der Waals surface area (Å²) in [6, 6.07) is 10.0. The number of carbonyl (C=O) groups excluding carboxylic acids is 1. The minimum Gasteiger partial charge on any atom is -0.336 e. The second-order valence-electron chi connectivity index (χ2n) is 5.83. The molecule has 120 valence electrons. The quantitative estimate of drug-likeness (QED) is 0.888. The molecule has 1 fully saturated rings. The van der Waals surface area contributed by atoms with Crippen molar-refractivity contribution in [2.24, 2.45) is 5.92 Å². The minimum atomic E-state index is 0.109. The van der Waals surface area contributed by atoms with Gasteiger partial charge in [-0.15, -0.1) is 0 Å². The second-order valence-corrected chi connectivity index (χ2v) is 5.83. The predicted molar refractivity (Wildman–Crippen MR) is 88.4 cm³/mol. The van der Waals surface area contributed by atoms with Crippen molar-refractivity contribution in [1.82, 2.24) is 20.2 Å². The lowest BCUT2D eigenvalue weighted by atomic mass is 9.94. The van der Waals surface area contributed by atoms with Crippen molar-refractivity contribution in [3.8, 4) is 0 Å². The molecule has 3 rings (SSSR count). The Bertz CT molecular complexity index is 632. The van der Waals surface area contributed by atoms with Crippen molar-refractivity contribution in [2.45, 2.75) is 25.9 Å². The van der Waals surface area contributed by atoms with E-state index < -0.39 is 0 Å². The average Bonchev–Trinajstić information content (AvgIpc) is 2.92. The molecule has 23 heavy (non-hydrogen) atoms. The van der Waals surface area contributed by atoms with Gasteiger partial charge in [-0.05, 0) is 30.7 Å². The van der Waals surface area contributed by atoms with Gasteiger partial charge < -0.3 is 10.2 Å². The fourth-order valence-corrected chi connectivity index (χ4v) is 3.31. The molecule has 0 radical (unpaired) electrons. The lowest BCUT2D eigenvalue weighted by Crippen LogP contribution is -2.31. The van der Waals surface area contributed by atoms with Crippen molar-refractivity contribution in [1.29, 1.82) is 0 Å². The zero-order valence-electron chi connectivity index (χ0n) is 13.4. The number of hydrogen-bond acceptors (Lipinski definition) is 4. The highest BCUT2D eigenvalue weighted by molar-refractivity contribution is 5.79. The maximum Gasteiger partial charge on any atom is 0.223 e. The van der Waals surface area contributed by atoms with Crippen LogP contribution >= 0.6 is 0 Å². The lowest BCUT2D eigenvalue weighted by Gasteiger charge is -2.27. The van der Waals surface area contributed by atoms with E-state index in [2.05, 4.69) is 21.4 Å². The maximum atomic E-state index is 12.3. The molecule has 0 aliphatic carbocycles. The largest absolute Gasteiger partial charge is 0.336 e. The zero-order valence-corrected chi connectivity index (χ0v) is 13.4. The molecule has 0 unspecified atom stereocenters. The van der Waals surface area contributed by atoms with Crippen molar-refractivity contribution < 1.29 is 4.79 Å². The molecule has 0 spiro atoms. The van der Waals surface area contributed by atoms with Crippen LogP contribution in [0.3, 0.4) is 0 Å². The van der Waals surface area contributed by atoms with Crippen LogP contribution in [-0.2, 0) is 11.3 Å². The predicted octanol–water partition coefficient (Wildman–Crippen LogP) is 2.18. The van der Waals surface area contributed by atoms with Crippen molar-refractivity contribution >= 4 is 5.91 Å². The molecule has 1 aliphatic rings. The fourth-order valence-electron chi connectivity index (χ4n) is 3.31. The molecule has 2 aromatic heterocycles. The third kappa shape index (κ3) is 3.56. The standard InChI is InChI=1S/C18H22N4O/c1-2-22-17(23)10-15(18(22)14-6-5-8-19-11-14)12-20-13-16-7-3-4-9-21-16/h3-9,11,15,18,20H,2,10,12-13H2,1H3/t15-,18-/m0/s1. The van der Waals surface area contributed by atoms with Gasteiger partial charge in [0.25, 0.3) is 0 Å². The minimum absolute atomic E-state index is 0.109. The number of likely N-dealkylation sites (tertiary alicyclic amines) is 1. The van der Waals surface area contributed by atoms with Gasteiger partial charge >= 0.3 is 0 Å². The van der Waals surface area contributed by atoms with Crippen LogP contribution in [0.25, 0.3) is 0 Å². The SMILES string of the molecule is CCN1C(=O)C[C@@H](CNCc2ccccn2)[C@@H]1c1cccnc1. The second kappa shape index (κ2) is 7.33. The van der Waals surface area contributed by atoms with Crippen LogP contribution < -0.4 is 5.32 Å². The third-order valence-electron chi connectivity index (χ3n) is 4.34. The summed E-state index contributed by atoms with van der Waals surface area (Å²) in [6.07, 6.45) is 6.03. The van der Waals surface area contributed by atoms with Crippen LogP contribution in [-0.4, -0.2) is 33.9 Å². The number of aromatic nitrogens is 2. The number of rotatable bonds is 6. The Labute approximate surface area is 136 Å². The molecular weight excluding hydrogens is 288 g/mol. The van der Waals surface area contributed by atoms with E-state index in [0.717, 1.165) is 30.9 Å². The van der Waals surface area contributed by atoms with Gasteiger partial charge in [0, 0.05) is 50.6 Å². The maximum absolute atomic E-state index is 12.3. The van der Waals surface area contributed by atoms with E-state index in [1.165, 1.54) is 0 Å². The Hall–Kier alpha value is -2.27. The van der Waals surface area contributed by atoms with Crippen molar-refractivity contribution in [3.05, 3.63) is 60.2 Å². The van der Waals surface area contributed by atoms with E-state index >= 15 is 0 Å². The first-order chi connectivity index (χ1) is 11.3. The van der Waals surface area contributed by atoms with E-state index in [1.807, 2.05) is 42.3 Å². The van der Waals surface area contributed by atoms with E-state index in [9.17, 15) is 4.79 Å². The summed E-state index contributed by atoms with van der Waals surface area (Å²) >= 11 is 0. The summed E-state index contributed by atoms with van der Waals surface area (Å²) in [7, 11) is 0. The van der Waals surface area contributed by atoms with Crippen LogP contribution in [0.1, 0.15) is 30.6 Å². The Balaban J connectivity index is 1.68. The molecule has 0 saturated carbocycles. The summed E-state index contributed by atoms with van der Waals surface area (Å²) < 4.78 is 0. The van der Waals surface area contributed by atoms with Gasteiger partial charge in [-0.1, -0.05) is 12.1 Å². The molecule has 2 aromatic rings. The molecule has 1 saturated heterocycles. The van der Waals surface area contributed by atoms with Gasteiger partial charge in [-0.3, -0.25) is 14.8 Å². The smallest absolute Gasteiger partial charge is 0.223 e. The Morgan fingerprint density at radius 3 is 2.87 bits per heavy atom. The Morgan fingerprint density at radius 1 is 1.26 bits per heavy atom. The van der Waals surface area contributed by atoms with E-state index in [4.69, 9.17) is 0 Å². The average molecular weight is 310 g/mol. The summed E-state index contributed by atoms with van der Waals surface area (Å²) in [4.78, 5) is 22.8.